The van der Waals surface area contributed by atoms with Gasteiger partial charge in [0, 0.05) is 28.9 Å². The van der Waals surface area contributed by atoms with Crippen LogP contribution in [0.5, 0.6) is 5.75 Å². The summed E-state index contributed by atoms with van der Waals surface area (Å²) in [5.74, 6) is -0.412. The Kier molecular flexibility index (Phi) is 9.39. The van der Waals surface area contributed by atoms with Crippen LogP contribution in [0.2, 0.25) is 0 Å². The van der Waals surface area contributed by atoms with Crippen LogP contribution in [0.25, 0.3) is 10.9 Å². The maximum Gasteiger partial charge on any atom is 0.268 e. The number of hydrogen-bond acceptors (Lipinski definition) is 6. The van der Waals surface area contributed by atoms with Crippen molar-refractivity contribution < 1.29 is 19.1 Å². The second kappa shape index (κ2) is 12.3. The molecule has 1 saturated heterocycles. The van der Waals surface area contributed by atoms with Crippen LogP contribution in [0.3, 0.4) is 0 Å². The van der Waals surface area contributed by atoms with Gasteiger partial charge in [0.05, 0.1) is 19.2 Å². The van der Waals surface area contributed by atoms with Gasteiger partial charge in [-0.3, -0.25) is 19.7 Å². The number of fused-ring (bicyclic) bond motifs is 1. The van der Waals surface area contributed by atoms with Gasteiger partial charge in [-0.25, -0.2) is 0 Å². The van der Waals surface area contributed by atoms with Crippen molar-refractivity contribution in [1.82, 2.24) is 26.3 Å². The van der Waals surface area contributed by atoms with Gasteiger partial charge in [0.15, 0.2) is 0 Å². The molecule has 38 heavy (non-hydrogen) atoms. The van der Waals surface area contributed by atoms with E-state index < -0.39 is 24.0 Å². The molecule has 1 fully saturated rings. The molecule has 0 saturated carbocycles. The zero-order valence-electron chi connectivity index (χ0n) is 23.1. The van der Waals surface area contributed by atoms with Gasteiger partial charge in [0.1, 0.15) is 23.5 Å². The predicted octanol–water partition coefficient (Wildman–Crippen LogP) is 2.61. The van der Waals surface area contributed by atoms with Crippen molar-refractivity contribution in [2.24, 2.45) is 11.8 Å². The standard InChI is InChI=1S/C28H40N6O4/c1-16(2)12-21(33-27(37)22-14-18-19(31-22)8-7-9-24(18)38-6)26(36)32-20(13-17-10-11-30-25(17)35)23(15-29)34-28(3,4)5/h7-9,14,16-17,20-21,23,31,34H,10-13H2,1-6H3,(H,30,35)(H,32,36)(H,33,37)/t17-,20-,21+,23?/m0/s1. The number of H-pyrrole nitrogens is 1. The molecule has 5 N–H and O–H groups in total. The van der Waals surface area contributed by atoms with Gasteiger partial charge in [-0.05, 0) is 64.2 Å². The molecule has 1 unspecified atom stereocenters. The zero-order chi connectivity index (χ0) is 28.0. The molecular weight excluding hydrogens is 484 g/mol. The Morgan fingerprint density at radius 1 is 1.24 bits per heavy atom. The number of nitrogens with one attached hydrogen (secondary N) is 5. The maximum absolute atomic E-state index is 13.6. The van der Waals surface area contributed by atoms with E-state index in [-0.39, 0.29) is 29.2 Å². The monoisotopic (exact) mass is 524 g/mol. The third kappa shape index (κ3) is 7.48. The number of aromatic amines is 1. The Hall–Kier alpha value is -3.58. The molecule has 10 nitrogen and oxygen atoms in total. The summed E-state index contributed by atoms with van der Waals surface area (Å²) in [4.78, 5) is 42.2. The van der Waals surface area contributed by atoms with E-state index in [9.17, 15) is 19.6 Å². The largest absolute Gasteiger partial charge is 0.496 e. The van der Waals surface area contributed by atoms with Crippen molar-refractivity contribution in [3.8, 4) is 11.8 Å². The molecule has 1 aliphatic rings. The Bertz CT molecular complexity index is 1190. The van der Waals surface area contributed by atoms with Crippen LogP contribution in [-0.4, -0.2) is 60.0 Å². The Balaban J connectivity index is 1.82. The van der Waals surface area contributed by atoms with Crippen LogP contribution in [0, 0.1) is 23.2 Å². The summed E-state index contributed by atoms with van der Waals surface area (Å²) in [7, 11) is 1.57. The summed E-state index contributed by atoms with van der Waals surface area (Å²) in [5, 5.41) is 22.7. The number of carbonyl (C=O) groups excluding carboxylic acids is 3. The van der Waals surface area contributed by atoms with E-state index in [0.717, 1.165) is 10.9 Å². The lowest BCUT2D eigenvalue weighted by Gasteiger charge is -2.32. The minimum absolute atomic E-state index is 0.0713. The van der Waals surface area contributed by atoms with Gasteiger partial charge < -0.3 is 25.7 Å². The van der Waals surface area contributed by atoms with Crippen molar-refractivity contribution in [3.63, 3.8) is 0 Å². The molecule has 0 spiro atoms. The van der Waals surface area contributed by atoms with E-state index in [1.54, 1.807) is 13.2 Å². The molecule has 2 heterocycles. The molecule has 3 rings (SSSR count). The van der Waals surface area contributed by atoms with Crippen molar-refractivity contribution in [2.75, 3.05) is 13.7 Å². The topological polar surface area (TPSA) is 148 Å². The normalized spacial score (nSPS) is 17.9. The fraction of sp³-hybridized carbons (Fsp3) is 0.571. The molecule has 1 aromatic heterocycles. The highest BCUT2D eigenvalue weighted by atomic mass is 16.5. The molecule has 4 atom stereocenters. The number of benzene rings is 1. The van der Waals surface area contributed by atoms with Gasteiger partial charge in [0.25, 0.3) is 5.91 Å². The lowest BCUT2D eigenvalue weighted by molar-refractivity contribution is -0.126. The highest BCUT2D eigenvalue weighted by molar-refractivity contribution is 6.01. The minimum Gasteiger partial charge on any atom is -0.496 e. The first kappa shape index (κ1) is 29.0. The quantitative estimate of drug-likeness (QED) is 0.305. The first-order valence-electron chi connectivity index (χ1n) is 13.1. The molecule has 2 aromatic rings. The number of methoxy groups -OCH3 is 1. The summed E-state index contributed by atoms with van der Waals surface area (Å²) in [5.41, 5.74) is 0.678. The lowest BCUT2D eigenvalue weighted by atomic mass is 9.92. The molecule has 0 aliphatic carbocycles. The zero-order valence-corrected chi connectivity index (χ0v) is 23.1. The number of nitriles is 1. The SMILES string of the molecule is COc1cccc2[nH]c(C(=O)N[C@H](CC(C)C)C(=O)N[C@@H](C[C@@H]3CCNC3=O)C(C#N)NC(C)(C)C)cc12. The number of aromatic nitrogens is 1. The summed E-state index contributed by atoms with van der Waals surface area (Å²) < 4.78 is 5.39. The molecule has 1 aliphatic heterocycles. The number of ether oxygens (including phenoxy) is 1. The number of rotatable bonds is 11. The Labute approximate surface area is 224 Å². The molecule has 10 heteroatoms. The summed E-state index contributed by atoms with van der Waals surface area (Å²) in [6.07, 6.45) is 1.37. The molecule has 0 bridgehead atoms. The second-order valence-corrected chi connectivity index (χ2v) is 11.4. The lowest BCUT2D eigenvalue weighted by Crippen LogP contribution is -2.58. The summed E-state index contributed by atoms with van der Waals surface area (Å²) >= 11 is 0. The second-order valence-electron chi connectivity index (χ2n) is 11.4. The summed E-state index contributed by atoms with van der Waals surface area (Å²) in [6, 6.07) is 7.29. The van der Waals surface area contributed by atoms with Gasteiger partial charge in [-0.2, -0.15) is 5.26 Å². The molecule has 206 valence electrons. The van der Waals surface area contributed by atoms with Gasteiger partial charge in [-0.15, -0.1) is 0 Å². The highest BCUT2D eigenvalue weighted by Gasteiger charge is 2.35. The fourth-order valence-electron chi connectivity index (χ4n) is 4.79. The minimum atomic E-state index is -0.829. The van der Waals surface area contributed by atoms with Gasteiger partial charge in [-0.1, -0.05) is 19.9 Å². The van der Waals surface area contributed by atoms with Crippen LogP contribution in [0.1, 0.15) is 64.4 Å². The number of nitrogens with zero attached hydrogens (tertiary/aromatic N) is 1. The molecule has 3 amide bonds. The van der Waals surface area contributed by atoms with E-state index in [0.29, 0.717) is 37.3 Å². The van der Waals surface area contributed by atoms with Crippen molar-refractivity contribution in [3.05, 3.63) is 30.0 Å². The average molecular weight is 525 g/mol. The third-order valence-corrected chi connectivity index (χ3v) is 6.58. The molecule has 1 aromatic carbocycles. The Morgan fingerprint density at radius 3 is 2.55 bits per heavy atom. The van der Waals surface area contributed by atoms with E-state index >= 15 is 0 Å². The first-order chi connectivity index (χ1) is 17.9. The van der Waals surface area contributed by atoms with Crippen LogP contribution in [-0.2, 0) is 9.59 Å². The summed E-state index contributed by atoms with van der Waals surface area (Å²) in [6.45, 7) is 10.3. The van der Waals surface area contributed by atoms with Crippen molar-refractivity contribution >= 4 is 28.6 Å². The number of amides is 3. The van der Waals surface area contributed by atoms with Crippen LogP contribution in [0.4, 0.5) is 0 Å². The van der Waals surface area contributed by atoms with Crippen LogP contribution < -0.4 is 26.0 Å². The van der Waals surface area contributed by atoms with E-state index in [4.69, 9.17) is 4.74 Å². The third-order valence-electron chi connectivity index (χ3n) is 6.58. The maximum atomic E-state index is 13.6. The van der Waals surface area contributed by atoms with Crippen molar-refractivity contribution in [1.29, 1.82) is 5.26 Å². The molecule has 0 radical (unpaired) electrons. The Morgan fingerprint density at radius 2 is 1.97 bits per heavy atom. The smallest absolute Gasteiger partial charge is 0.268 e. The van der Waals surface area contributed by atoms with Crippen molar-refractivity contribution in [2.45, 2.75) is 77.5 Å². The van der Waals surface area contributed by atoms with Crippen LogP contribution in [0.15, 0.2) is 24.3 Å². The van der Waals surface area contributed by atoms with E-state index in [1.807, 2.05) is 52.8 Å². The van der Waals surface area contributed by atoms with Gasteiger partial charge in [0.2, 0.25) is 11.8 Å². The number of carbonyl (C=O) groups is 3. The highest BCUT2D eigenvalue weighted by Crippen LogP contribution is 2.26. The van der Waals surface area contributed by atoms with E-state index in [2.05, 4.69) is 32.3 Å². The number of hydrogen-bond donors (Lipinski definition) is 5. The molecular formula is C28H40N6O4. The predicted molar refractivity (Wildman–Crippen MR) is 146 cm³/mol. The first-order valence-corrected chi connectivity index (χ1v) is 13.1. The average Bonchev–Trinajstić information content (AvgIpc) is 3.46. The van der Waals surface area contributed by atoms with Gasteiger partial charge >= 0.3 is 0 Å². The van der Waals surface area contributed by atoms with E-state index in [1.165, 1.54) is 0 Å². The van der Waals surface area contributed by atoms with Crippen LogP contribution >= 0.6 is 0 Å². The fourth-order valence-corrected chi connectivity index (χ4v) is 4.79.